The Labute approximate surface area is 102 Å². The third-order valence-corrected chi connectivity index (χ3v) is 3.17. The van der Waals surface area contributed by atoms with E-state index in [1.54, 1.807) is 11.8 Å². The van der Waals surface area contributed by atoms with E-state index < -0.39 is 0 Å². The highest BCUT2D eigenvalue weighted by Crippen LogP contribution is 2.11. The monoisotopic (exact) mass is 247 g/mol. The molecule has 2 rings (SSSR count). The molecule has 0 bridgehead atoms. The van der Waals surface area contributed by atoms with Gasteiger partial charge >= 0.3 is 0 Å². The molecule has 0 aromatic carbocycles. The molecule has 2 amide bonds. The van der Waals surface area contributed by atoms with Gasteiger partial charge in [0.2, 0.25) is 11.8 Å². The van der Waals surface area contributed by atoms with Crippen LogP contribution < -0.4 is 5.32 Å². The van der Waals surface area contributed by atoms with Crippen molar-refractivity contribution in [3.05, 3.63) is 0 Å². The molecular weight excluding hydrogens is 230 g/mol. The normalized spacial score (nSPS) is 21.1. The third kappa shape index (κ3) is 2.65. The zero-order chi connectivity index (χ0) is 10.8. The highest BCUT2D eigenvalue weighted by Gasteiger charge is 2.31. The van der Waals surface area contributed by atoms with Crippen LogP contribution in [-0.2, 0) is 9.59 Å². The molecule has 0 aromatic heterocycles. The summed E-state index contributed by atoms with van der Waals surface area (Å²) < 4.78 is 0. The van der Waals surface area contributed by atoms with Gasteiger partial charge in [-0.1, -0.05) is 0 Å². The maximum atomic E-state index is 11.8. The number of carbonyl (C=O) groups excluding carboxylic acids is 2. The topological polar surface area (TPSA) is 52.7 Å². The van der Waals surface area contributed by atoms with Crippen LogP contribution in [0.3, 0.4) is 0 Å². The fourth-order valence-electron chi connectivity index (χ4n) is 1.96. The molecule has 6 heteroatoms. The maximum absolute atomic E-state index is 11.8. The third-order valence-electron chi connectivity index (χ3n) is 3.17. The van der Waals surface area contributed by atoms with E-state index in [2.05, 4.69) is 5.32 Å². The summed E-state index contributed by atoms with van der Waals surface area (Å²) in [6.45, 7) is 5.94. The molecule has 2 fully saturated rings. The standard InChI is InChI=1S/C10H17N3O2.ClH/c1-8(14)12-2-4-13(5-3-12)10(15)9-6-11-7-9;/h9,11H,2-7H2,1H3;1H. The van der Waals surface area contributed by atoms with Crippen molar-refractivity contribution in [3.63, 3.8) is 0 Å². The summed E-state index contributed by atoms with van der Waals surface area (Å²) in [5.74, 6) is 0.526. The van der Waals surface area contributed by atoms with Crippen LogP contribution >= 0.6 is 12.4 Å². The van der Waals surface area contributed by atoms with Gasteiger partial charge in [0, 0.05) is 46.2 Å². The van der Waals surface area contributed by atoms with Crippen molar-refractivity contribution in [1.29, 1.82) is 0 Å². The Bertz CT molecular complexity index is 273. The van der Waals surface area contributed by atoms with E-state index in [0.717, 1.165) is 13.1 Å². The van der Waals surface area contributed by atoms with Gasteiger partial charge in [0.25, 0.3) is 0 Å². The van der Waals surface area contributed by atoms with Crippen LogP contribution in [0.2, 0.25) is 0 Å². The number of carbonyl (C=O) groups is 2. The summed E-state index contributed by atoms with van der Waals surface area (Å²) in [7, 11) is 0. The molecule has 16 heavy (non-hydrogen) atoms. The highest BCUT2D eigenvalue weighted by atomic mass is 35.5. The molecule has 2 saturated heterocycles. The smallest absolute Gasteiger partial charge is 0.228 e. The Morgan fingerprint density at radius 3 is 1.94 bits per heavy atom. The van der Waals surface area contributed by atoms with E-state index >= 15 is 0 Å². The first-order valence-corrected chi connectivity index (χ1v) is 5.43. The Kier molecular flexibility index (Phi) is 4.56. The van der Waals surface area contributed by atoms with Crippen molar-refractivity contribution >= 4 is 24.2 Å². The van der Waals surface area contributed by atoms with Crippen LogP contribution in [0, 0.1) is 5.92 Å². The van der Waals surface area contributed by atoms with Crippen molar-refractivity contribution in [2.75, 3.05) is 39.3 Å². The minimum Gasteiger partial charge on any atom is -0.339 e. The second-order valence-electron chi connectivity index (χ2n) is 4.19. The van der Waals surface area contributed by atoms with Gasteiger partial charge in [-0.05, 0) is 0 Å². The lowest BCUT2D eigenvalue weighted by Crippen LogP contribution is -2.57. The van der Waals surface area contributed by atoms with Gasteiger partial charge in [0.05, 0.1) is 5.92 Å². The summed E-state index contributed by atoms with van der Waals surface area (Å²) in [6, 6.07) is 0. The summed E-state index contributed by atoms with van der Waals surface area (Å²) >= 11 is 0. The first-order valence-electron chi connectivity index (χ1n) is 5.43. The number of nitrogens with zero attached hydrogens (tertiary/aromatic N) is 2. The summed E-state index contributed by atoms with van der Waals surface area (Å²) in [5, 5.41) is 3.10. The molecule has 0 radical (unpaired) electrons. The Morgan fingerprint density at radius 1 is 1.06 bits per heavy atom. The van der Waals surface area contributed by atoms with Crippen LogP contribution in [0.15, 0.2) is 0 Å². The van der Waals surface area contributed by atoms with E-state index in [0.29, 0.717) is 26.2 Å². The predicted octanol–water partition coefficient (Wildman–Crippen LogP) is -0.682. The minimum atomic E-state index is 0. The number of rotatable bonds is 1. The van der Waals surface area contributed by atoms with E-state index in [9.17, 15) is 9.59 Å². The van der Waals surface area contributed by atoms with Gasteiger partial charge in [0.15, 0.2) is 0 Å². The van der Waals surface area contributed by atoms with Gasteiger partial charge in [-0.25, -0.2) is 0 Å². The predicted molar refractivity (Wildman–Crippen MR) is 62.4 cm³/mol. The summed E-state index contributed by atoms with van der Waals surface area (Å²) in [4.78, 5) is 26.6. The second-order valence-corrected chi connectivity index (χ2v) is 4.19. The Balaban J connectivity index is 0.00000128. The second kappa shape index (κ2) is 5.50. The molecule has 1 N–H and O–H groups in total. The van der Waals surface area contributed by atoms with Crippen molar-refractivity contribution in [1.82, 2.24) is 15.1 Å². The maximum Gasteiger partial charge on any atom is 0.228 e. The SMILES string of the molecule is CC(=O)N1CCN(C(=O)C2CNC2)CC1.Cl. The van der Waals surface area contributed by atoms with E-state index in [4.69, 9.17) is 0 Å². The Morgan fingerprint density at radius 2 is 1.56 bits per heavy atom. The van der Waals surface area contributed by atoms with E-state index in [1.165, 1.54) is 0 Å². The first-order chi connectivity index (χ1) is 7.18. The van der Waals surface area contributed by atoms with Crippen molar-refractivity contribution in [2.45, 2.75) is 6.92 Å². The van der Waals surface area contributed by atoms with Crippen LogP contribution in [-0.4, -0.2) is 60.9 Å². The first kappa shape index (κ1) is 13.3. The van der Waals surface area contributed by atoms with E-state index in [1.807, 2.05) is 4.90 Å². The minimum absolute atomic E-state index is 0. The number of halogens is 1. The molecule has 0 unspecified atom stereocenters. The number of hydrogen-bond acceptors (Lipinski definition) is 3. The van der Waals surface area contributed by atoms with Gasteiger partial charge in [0.1, 0.15) is 0 Å². The number of amides is 2. The lowest BCUT2D eigenvalue weighted by molar-refractivity contribution is -0.142. The molecule has 0 spiro atoms. The van der Waals surface area contributed by atoms with E-state index in [-0.39, 0.29) is 30.1 Å². The van der Waals surface area contributed by atoms with Gasteiger partial charge < -0.3 is 15.1 Å². The van der Waals surface area contributed by atoms with Crippen molar-refractivity contribution in [2.24, 2.45) is 5.92 Å². The van der Waals surface area contributed by atoms with Gasteiger partial charge in [-0.2, -0.15) is 0 Å². The van der Waals surface area contributed by atoms with Crippen LogP contribution in [0.5, 0.6) is 0 Å². The molecule has 0 atom stereocenters. The lowest BCUT2D eigenvalue weighted by Gasteiger charge is -2.38. The summed E-state index contributed by atoms with van der Waals surface area (Å²) in [6.07, 6.45) is 0. The Hall–Kier alpha value is -0.810. The fourth-order valence-corrected chi connectivity index (χ4v) is 1.96. The quantitative estimate of drug-likeness (QED) is 0.668. The van der Waals surface area contributed by atoms with Crippen molar-refractivity contribution in [3.8, 4) is 0 Å². The molecule has 2 aliphatic rings. The lowest BCUT2D eigenvalue weighted by atomic mass is 10.0. The van der Waals surface area contributed by atoms with Gasteiger partial charge in [-0.15, -0.1) is 12.4 Å². The van der Waals surface area contributed by atoms with Crippen LogP contribution in [0.4, 0.5) is 0 Å². The van der Waals surface area contributed by atoms with Gasteiger partial charge in [-0.3, -0.25) is 9.59 Å². The number of nitrogens with one attached hydrogen (secondary N) is 1. The average molecular weight is 248 g/mol. The molecule has 5 nitrogen and oxygen atoms in total. The zero-order valence-electron chi connectivity index (χ0n) is 9.44. The molecule has 0 saturated carbocycles. The number of piperazine rings is 1. The molecule has 0 aromatic rings. The van der Waals surface area contributed by atoms with Crippen molar-refractivity contribution < 1.29 is 9.59 Å². The zero-order valence-corrected chi connectivity index (χ0v) is 10.3. The van der Waals surface area contributed by atoms with Crippen LogP contribution in [0.1, 0.15) is 6.92 Å². The molecule has 2 heterocycles. The molecule has 2 aliphatic heterocycles. The average Bonchev–Trinajstić information content (AvgIpc) is 2.15. The molecular formula is C10H18ClN3O2. The van der Waals surface area contributed by atoms with Crippen LogP contribution in [0.25, 0.3) is 0 Å². The fraction of sp³-hybridized carbons (Fsp3) is 0.800. The molecule has 0 aliphatic carbocycles. The highest BCUT2D eigenvalue weighted by molar-refractivity contribution is 5.85. The number of hydrogen-bond donors (Lipinski definition) is 1. The molecule has 92 valence electrons. The summed E-state index contributed by atoms with van der Waals surface area (Å²) in [5.41, 5.74) is 0. The largest absolute Gasteiger partial charge is 0.339 e.